The molecule has 1 aliphatic heterocycles. The lowest BCUT2D eigenvalue weighted by molar-refractivity contribution is -0.387. The predicted molar refractivity (Wildman–Crippen MR) is 171 cm³/mol. The fraction of sp³-hybridized carbons (Fsp3) is 0.290. The van der Waals surface area contributed by atoms with Crippen molar-refractivity contribution in [3.63, 3.8) is 0 Å². The third kappa shape index (κ3) is 7.94. The summed E-state index contributed by atoms with van der Waals surface area (Å²) in [6.07, 6.45) is -0.816. The van der Waals surface area contributed by atoms with Crippen LogP contribution in [0.15, 0.2) is 77.7 Å². The molecule has 0 unspecified atom stereocenters. The van der Waals surface area contributed by atoms with Crippen LogP contribution in [-0.4, -0.2) is 76.6 Å². The lowest BCUT2D eigenvalue weighted by Crippen LogP contribution is -2.71. The molecule has 4 aromatic rings. The van der Waals surface area contributed by atoms with Gasteiger partial charge in [0.05, 0.1) is 44.9 Å². The maximum atomic E-state index is 13.4. The van der Waals surface area contributed by atoms with Crippen LogP contribution in [0.4, 0.5) is 10.5 Å². The molecular weight excluding hydrogens is 662 g/mol. The number of nitro benzene ring substituents is 1. The Morgan fingerprint density at radius 1 is 1.02 bits per heavy atom. The zero-order chi connectivity index (χ0) is 35.1. The number of nitrogens with one attached hydrogen (secondary N) is 2. The standard InChI is InChI=1S/C31H33N7O10S/c1-46-22-13-12-21(27(14-22)47-2)16-36-26(29(30(36)40)33-31(41)48-19-20-8-4-3-5-9-20)17-37-34-23(24(18-39)35-37)15-32-49(44,45)28-11-7-6-10-25(28)38(42)43/h3-14,26,29,32,39H,15-19H2,1-2H3,(H,33,41)/t26-,29+/m1/s1. The molecule has 5 rings (SSSR count). The van der Waals surface area contributed by atoms with Gasteiger partial charge in [-0.1, -0.05) is 42.5 Å². The second-order valence-corrected chi connectivity index (χ2v) is 12.5. The van der Waals surface area contributed by atoms with E-state index < -0.39 is 62.8 Å². The van der Waals surface area contributed by atoms with Gasteiger partial charge in [0.15, 0.2) is 4.90 Å². The summed E-state index contributed by atoms with van der Waals surface area (Å²) in [5, 5.41) is 32.6. The molecule has 0 aliphatic carbocycles. The van der Waals surface area contributed by atoms with E-state index in [1.807, 2.05) is 6.07 Å². The monoisotopic (exact) mass is 695 g/mol. The van der Waals surface area contributed by atoms with Gasteiger partial charge in [0.1, 0.15) is 35.5 Å². The number of aliphatic hydroxyl groups excluding tert-OH is 1. The van der Waals surface area contributed by atoms with Crippen molar-refractivity contribution in [3.05, 3.63) is 105 Å². The molecule has 2 atom stereocenters. The van der Waals surface area contributed by atoms with E-state index in [9.17, 15) is 33.2 Å². The maximum absolute atomic E-state index is 13.4. The molecule has 0 spiro atoms. The normalized spacial score (nSPS) is 15.7. The number of para-hydroxylation sites is 1. The molecule has 2 amide bonds. The first-order chi connectivity index (χ1) is 23.5. The number of carbonyl (C=O) groups excluding carboxylic acids is 2. The molecule has 3 aromatic carbocycles. The topological polar surface area (TPSA) is 217 Å². The molecule has 17 nitrogen and oxygen atoms in total. The summed E-state index contributed by atoms with van der Waals surface area (Å²) < 4.78 is 44.3. The van der Waals surface area contributed by atoms with Crippen LogP contribution in [0.5, 0.6) is 11.5 Å². The zero-order valence-electron chi connectivity index (χ0n) is 26.4. The maximum Gasteiger partial charge on any atom is 0.408 e. The summed E-state index contributed by atoms with van der Waals surface area (Å²) in [5.41, 5.74) is 0.882. The number of nitro groups is 1. The third-order valence-electron chi connectivity index (χ3n) is 7.74. The summed E-state index contributed by atoms with van der Waals surface area (Å²) in [7, 11) is -1.37. The number of carbonyl (C=O) groups is 2. The largest absolute Gasteiger partial charge is 0.497 e. The van der Waals surface area contributed by atoms with Gasteiger partial charge in [0.25, 0.3) is 5.69 Å². The van der Waals surface area contributed by atoms with Crippen LogP contribution in [0.2, 0.25) is 0 Å². The summed E-state index contributed by atoms with van der Waals surface area (Å²) in [5.74, 6) is 0.610. The minimum Gasteiger partial charge on any atom is -0.497 e. The number of alkyl carbamates (subject to hydrolysis) is 1. The molecule has 18 heteroatoms. The molecule has 1 fully saturated rings. The average Bonchev–Trinajstić information content (AvgIpc) is 3.52. The van der Waals surface area contributed by atoms with Crippen molar-refractivity contribution in [2.75, 3.05) is 14.2 Å². The van der Waals surface area contributed by atoms with E-state index in [0.717, 1.165) is 17.7 Å². The van der Waals surface area contributed by atoms with Gasteiger partial charge >= 0.3 is 6.09 Å². The van der Waals surface area contributed by atoms with Crippen LogP contribution >= 0.6 is 0 Å². The number of amides is 2. The zero-order valence-corrected chi connectivity index (χ0v) is 27.2. The lowest BCUT2D eigenvalue weighted by atomic mass is 9.94. The Morgan fingerprint density at radius 2 is 1.73 bits per heavy atom. The average molecular weight is 696 g/mol. The number of hydrogen-bond donors (Lipinski definition) is 3. The molecule has 1 aliphatic rings. The Kier molecular flexibility index (Phi) is 10.7. The second-order valence-electron chi connectivity index (χ2n) is 10.8. The first-order valence-corrected chi connectivity index (χ1v) is 16.3. The molecule has 258 valence electrons. The minimum absolute atomic E-state index is 0.0169. The van der Waals surface area contributed by atoms with Crippen LogP contribution in [0, 0.1) is 10.1 Å². The van der Waals surface area contributed by atoms with E-state index in [0.29, 0.717) is 17.1 Å². The van der Waals surface area contributed by atoms with Gasteiger partial charge in [-0.2, -0.15) is 15.0 Å². The smallest absolute Gasteiger partial charge is 0.408 e. The van der Waals surface area contributed by atoms with Crippen molar-refractivity contribution in [3.8, 4) is 11.5 Å². The number of benzene rings is 3. The summed E-state index contributed by atoms with van der Waals surface area (Å²) >= 11 is 0. The van der Waals surface area contributed by atoms with Gasteiger partial charge in [-0.25, -0.2) is 17.9 Å². The SMILES string of the molecule is COc1ccc(CN2C(=O)[C@@H](NC(=O)OCc3ccccc3)[C@H]2Cn2nc(CO)c(CNS(=O)(=O)c3ccccc3[N+](=O)[O-])n2)c(OC)c1. The van der Waals surface area contributed by atoms with Crippen molar-refractivity contribution >= 4 is 27.7 Å². The Labute approximate surface area is 280 Å². The highest BCUT2D eigenvalue weighted by atomic mass is 32.2. The summed E-state index contributed by atoms with van der Waals surface area (Å²) in [6, 6.07) is 17.3. The molecule has 0 bridgehead atoms. The van der Waals surface area contributed by atoms with Crippen molar-refractivity contribution in [1.82, 2.24) is 29.9 Å². The van der Waals surface area contributed by atoms with Gasteiger partial charge in [0, 0.05) is 24.2 Å². The van der Waals surface area contributed by atoms with Gasteiger partial charge in [-0.15, -0.1) is 0 Å². The Bertz CT molecular complexity index is 1940. The van der Waals surface area contributed by atoms with Crippen molar-refractivity contribution < 1.29 is 42.2 Å². The van der Waals surface area contributed by atoms with Crippen molar-refractivity contribution in [1.29, 1.82) is 0 Å². The number of aliphatic hydroxyl groups is 1. The van der Waals surface area contributed by atoms with E-state index in [4.69, 9.17) is 14.2 Å². The quantitative estimate of drug-likeness (QED) is 0.0923. The molecule has 3 N–H and O–H groups in total. The van der Waals surface area contributed by atoms with Crippen molar-refractivity contribution in [2.24, 2.45) is 0 Å². The fourth-order valence-electron chi connectivity index (χ4n) is 5.22. The molecular formula is C31H33N7O10S. The first-order valence-electron chi connectivity index (χ1n) is 14.8. The molecule has 1 aromatic heterocycles. The number of ether oxygens (including phenoxy) is 3. The minimum atomic E-state index is -4.36. The van der Waals surface area contributed by atoms with Crippen LogP contribution < -0.4 is 19.5 Å². The first kappa shape index (κ1) is 34.7. The third-order valence-corrected chi connectivity index (χ3v) is 9.19. The Hall–Kier alpha value is -5.59. The highest BCUT2D eigenvalue weighted by Crippen LogP contribution is 2.31. The highest BCUT2D eigenvalue weighted by molar-refractivity contribution is 7.89. The van der Waals surface area contributed by atoms with Gasteiger partial charge in [-0.3, -0.25) is 14.9 Å². The van der Waals surface area contributed by atoms with Crippen LogP contribution in [-0.2, 0) is 52.4 Å². The van der Waals surface area contributed by atoms with E-state index in [2.05, 4.69) is 20.2 Å². The van der Waals surface area contributed by atoms with E-state index in [-0.39, 0.29) is 31.1 Å². The van der Waals surface area contributed by atoms with E-state index in [1.165, 1.54) is 36.0 Å². The summed E-state index contributed by atoms with van der Waals surface area (Å²) in [6.45, 7) is -1.06. The fourth-order valence-corrected chi connectivity index (χ4v) is 6.38. The number of nitrogens with zero attached hydrogens (tertiary/aromatic N) is 5. The Balaban J connectivity index is 1.35. The molecule has 0 radical (unpaired) electrons. The highest BCUT2D eigenvalue weighted by Gasteiger charge is 2.49. The number of aromatic nitrogens is 3. The predicted octanol–water partition coefficient (Wildman–Crippen LogP) is 1.88. The summed E-state index contributed by atoms with van der Waals surface area (Å²) in [4.78, 5) is 38.9. The number of rotatable bonds is 15. The number of β-lactam (4-membered cyclic amide) rings is 1. The second kappa shape index (κ2) is 15.1. The van der Waals surface area contributed by atoms with Crippen molar-refractivity contribution in [2.45, 2.75) is 49.8 Å². The molecule has 0 saturated carbocycles. The number of methoxy groups -OCH3 is 2. The molecule has 1 saturated heterocycles. The van der Waals surface area contributed by atoms with Crippen LogP contribution in [0.1, 0.15) is 22.5 Å². The number of sulfonamides is 1. The van der Waals surface area contributed by atoms with E-state index >= 15 is 0 Å². The van der Waals surface area contributed by atoms with Gasteiger partial charge < -0.3 is 29.5 Å². The Morgan fingerprint density at radius 3 is 2.43 bits per heavy atom. The number of hydrogen-bond acceptors (Lipinski definition) is 12. The molecule has 2 heterocycles. The van der Waals surface area contributed by atoms with Gasteiger partial charge in [0.2, 0.25) is 15.9 Å². The van der Waals surface area contributed by atoms with Gasteiger partial charge in [-0.05, 0) is 23.8 Å². The van der Waals surface area contributed by atoms with Crippen LogP contribution in [0.3, 0.4) is 0 Å². The van der Waals surface area contributed by atoms with E-state index in [1.54, 1.807) is 42.5 Å². The molecule has 49 heavy (non-hydrogen) atoms. The van der Waals surface area contributed by atoms with Crippen LogP contribution in [0.25, 0.3) is 0 Å². The number of likely N-dealkylation sites (tertiary alicyclic amines) is 1. The lowest BCUT2D eigenvalue weighted by Gasteiger charge is -2.46.